The Labute approximate surface area is 220 Å². The van der Waals surface area contributed by atoms with Crippen LogP contribution in [0.5, 0.6) is 0 Å². The SMILES string of the molecule is CC(=O)Nc1cc(-c2c(C)cccc2C)cc2nnc(Nc3ccc(C(=O)NCCN4CCCC4)o3)nc12. The van der Waals surface area contributed by atoms with Crippen molar-refractivity contribution in [1.82, 2.24) is 25.4 Å². The summed E-state index contributed by atoms with van der Waals surface area (Å²) in [5.41, 5.74) is 5.78. The average Bonchev–Trinajstić information content (AvgIpc) is 3.56. The van der Waals surface area contributed by atoms with Gasteiger partial charge in [0.2, 0.25) is 17.7 Å². The Morgan fingerprint density at radius 1 is 1.03 bits per heavy atom. The Bertz CT molecular complexity index is 1470. The average molecular weight is 514 g/mol. The van der Waals surface area contributed by atoms with Crippen LogP contribution in [-0.2, 0) is 4.79 Å². The molecule has 2 aromatic heterocycles. The van der Waals surface area contributed by atoms with Crippen molar-refractivity contribution in [3.63, 3.8) is 0 Å². The Hall–Kier alpha value is -4.31. The van der Waals surface area contributed by atoms with Gasteiger partial charge in [-0.25, -0.2) is 4.98 Å². The van der Waals surface area contributed by atoms with Gasteiger partial charge in [0, 0.05) is 26.1 Å². The van der Waals surface area contributed by atoms with E-state index in [0.29, 0.717) is 29.1 Å². The van der Waals surface area contributed by atoms with Gasteiger partial charge in [-0.1, -0.05) is 18.2 Å². The molecule has 10 nitrogen and oxygen atoms in total. The Morgan fingerprint density at radius 3 is 2.53 bits per heavy atom. The van der Waals surface area contributed by atoms with Crippen LogP contribution in [0.1, 0.15) is 41.4 Å². The van der Waals surface area contributed by atoms with E-state index in [4.69, 9.17) is 4.42 Å². The number of hydrogen-bond acceptors (Lipinski definition) is 8. The molecule has 1 saturated heterocycles. The minimum atomic E-state index is -0.276. The number of likely N-dealkylation sites (tertiary alicyclic amines) is 1. The second kappa shape index (κ2) is 11.0. The number of aryl methyl sites for hydroxylation is 2. The zero-order valence-electron chi connectivity index (χ0n) is 21.8. The summed E-state index contributed by atoms with van der Waals surface area (Å²) in [6.45, 7) is 9.11. The molecule has 0 saturated carbocycles. The van der Waals surface area contributed by atoms with E-state index in [2.05, 4.69) is 36.0 Å². The number of anilines is 3. The molecule has 2 aromatic carbocycles. The van der Waals surface area contributed by atoms with E-state index in [1.54, 1.807) is 12.1 Å². The first-order chi connectivity index (χ1) is 18.4. The fraction of sp³-hybridized carbons (Fsp3) is 0.321. The lowest BCUT2D eigenvalue weighted by molar-refractivity contribution is -0.114. The number of carbonyl (C=O) groups is 2. The van der Waals surface area contributed by atoms with Crippen LogP contribution < -0.4 is 16.0 Å². The van der Waals surface area contributed by atoms with Gasteiger partial charge in [0.15, 0.2) is 5.76 Å². The highest BCUT2D eigenvalue weighted by atomic mass is 16.4. The lowest BCUT2D eigenvalue weighted by Crippen LogP contribution is -2.33. The standard InChI is InChI=1S/C28H31N7O3/c1-17-7-6-8-18(2)25(17)20-15-21(30-19(3)36)26-22(16-20)33-34-28(32-26)31-24-10-9-23(38-24)27(37)29-11-14-35-12-4-5-13-35/h6-10,15-16H,4-5,11-14H2,1-3H3,(H,29,37)(H,30,36)(H,31,32,34). The number of benzene rings is 2. The van der Waals surface area contributed by atoms with Crippen molar-refractivity contribution in [3.05, 3.63) is 59.4 Å². The molecule has 0 atom stereocenters. The zero-order chi connectivity index (χ0) is 26.6. The highest BCUT2D eigenvalue weighted by Crippen LogP contribution is 2.33. The van der Waals surface area contributed by atoms with Gasteiger partial charge in [0.25, 0.3) is 5.91 Å². The Balaban J connectivity index is 1.36. The molecule has 2 amide bonds. The molecular weight excluding hydrogens is 482 g/mol. The summed E-state index contributed by atoms with van der Waals surface area (Å²) in [5.74, 6) is 0.189. The highest BCUT2D eigenvalue weighted by Gasteiger charge is 2.17. The van der Waals surface area contributed by atoms with E-state index >= 15 is 0 Å². The van der Waals surface area contributed by atoms with E-state index in [9.17, 15) is 9.59 Å². The molecule has 5 rings (SSSR count). The lowest BCUT2D eigenvalue weighted by Gasteiger charge is -2.14. The Kier molecular flexibility index (Phi) is 7.32. The minimum absolute atomic E-state index is 0.180. The number of amides is 2. The molecule has 0 aliphatic carbocycles. The largest absolute Gasteiger partial charge is 0.435 e. The molecule has 0 radical (unpaired) electrons. The van der Waals surface area contributed by atoms with Crippen molar-refractivity contribution < 1.29 is 14.0 Å². The summed E-state index contributed by atoms with van der Waals surface area (Å²) in [7, 11) is 0. The fourth-order valence-electron chi connectivity index (χ4n) is 4.85. The zero-order valence-corrected chi connectivity index (χ0v) is 21.8. The van der Waals surface area contributed by atoms with Crippen LogP contribution in [0.15, 0.2) is 46.9 Å². The molecule has 196 valence electrons. The van der Waals surface area contributed by atoms with E-state index < -0.39 is 0 Å². The maximum atomic E-state index is 12.5. The summed E-state index contributed by atoms with van der Waals surface area (Å²) in [6, 6.07) is 13.2. The van der Waals surface area contributed by atoms with Gasteiger partial charge < -0.3 is 20.0 Å². The summed E-state index contributed by atoms with van der Waals surface area (Å²) in [5, 5.41) is 17.3. The van der Waals surface area contributed by atoms with Crippen molar-refractivity contribution in [2.45, 2.75) is 33.6 Å². The number of nitrogens with zero attached hydrogens (tertiary/aromatic N) is 4. The molecule has 10 heteroatoms. The number of fused-ring (bicyclic) bond motifs is 1. The maximum absolute atomic E-state index is 12.5. The number of furan rings is 1. The van der Waals surface area contributed by atoms with Gasteiger partial charge in [-0.05, 0) is 80.2 Å². The third kappa shape index (κ3) is 5.65. The van der Waals surface area contributed by atoms with Crippen LogP contribution in [-0.4, -0.2) is 58.1 Å². The monoisotopic (exact) mass is 513 g/mol. The topological polar surface area (TPSA) is 125 Å². The fourth-order valence-corrected chi connectivity index (χ4v) is 4.85. The first-order valence-corrected chi connectivity index (χ1v) is 12.8. The molecule has 3 N–H and O–H groups in total. The van der Waals surface area contributed by atoms with Crippen molar-refractivity contribution in [2.75, 3.05) is 36.8 Å². The molecule has 0 spiro atoms. The van der Waals surface area contributed by atoms with E-state index in [0.717, 1.165) is 41.9 Å². The summed E-state index contributed by atoms with van der Waals surface area (Å²) >= 11 is 0. The molecule has 4 aromatic rings. The quantitative estimate of drug-likeness (QED) is 0.316. The molecule has 1 fully saturated rings. The van der Waals surface area contributed by atoms with Crippen LogP contribution in [0.2, 0.25) is 0 Å². The molecule has 0 bridgehead atoms. The predicted molar refractivity (Wildman–Crippen MR) is 147 cm³/mol. The molecule has 0 unspecified atom stereocenters. The Morgan fingerprint density at radius 2 is 1.79 bits per heavy atom. The first kappa shape index (κ1) is 25.3. The van der Waals surface area contributed by atoms with Gasteiger partial charge in [0.05, 0.1) is 5.69 Å². The molecule has 38 heavy (non-hydrogen) atoms. The first-order valence-electron chi connectivity index (χ1n) is 12.8. The second-order valence-corrected chi connectivity index (χ2v) is 9.57. The third-order valence-electron chi connectivity index (χ3n) is 6.62. The normalized spacial score (nSPS) is 13.6. The van der Waals surface area contributed by atoms with Crippen LogP contribution in [0.4, 0.5) is 17.5 Å². The molecular formula is C28H31N7O3. The number of carbonyl (C=O) groups excluding carboxylic acids is 2. The van der Waals surface area contributed by atoms with Gasteiger partial charge >= 0.3 is 0 Å². The van der Waals surface area contributed by atoms with Gasteiger partial charge in [-0.2, -0.15) is 0 Å². The summed E-state index contributed by atoms with van der Waals surface area (Å²) in [6.07, 6.45) is 2.43. The van der Waals surface area contributed by atoms with Crippen LogP contribution >= 0.6 is 0 Å². The van der Waals surface area contributed by atoms with Gasteiger partial charge in [0.1, 0.15) is 11.0 Å². The molecule has 1 aliphatic rings. The summed E-state index contributed by atoms with van der Waals surface area (Å²) < 4.78 is 5.67. The van der Waals surface area contributed by atoms with Crippen molar-refractivity contribution >= 4 is 40.4 Å². The van der Waals surface area contributed by atoms with E-state index in [1.165, 1.54) is 19.8 Å². The van der Waals surface area contributed by atoms with Gasteiger partial charge in [-0.15, -0.1) is 10.2 Å². The number of aromatic nitrogens is 3. The highest BCUT2D eigenvalue weighted by molar-refractivity contribution is 6.01. The molecule has 1 aliphatic heterocycles. The third-order valence-corrected chi connectivity index (χ3v) is 6.62. The van der Waals surface area contributed by atoms with Crippen LogP contribution in [0.25, 0.3) is 22.2 Å². The number of hydrogen-bond donors (Lipinski definition) is 3. The predicted octanol–water partition coefficient (Wildman–Crippen LogP) is 4.43. The van der Waals surface area contributed by atoms with Crippen LogP contribution in [0.3, 0.4) is 0 Å². The molecule has 3 heterocycles. The van der Waals surface area contributed by atoms with E-state index in [-0.39, 0.29) is 23.5 Å². The van der Waals surface area contributed by atoms with Crippen molar-refractivity contribution in [3.8, 4) is 11.1 Å². The number of nitrogens with one attached hydrogen (secondary N) is 3. The van der Waals surface area contributed by atoms with Gasteiger partial charge in [-0.3, -0.25) is 14.9 Å². The van der Waals surface area contributed by atoms with Crippen molar-refractivity contribution in [2.24, 2.45) is 0 Å². The maximum Gasteiger partial charge on any atom is 0.287 e. The van der Waals surface area contributed by atoms with E-state index in [1.807, 2.05) is 44.2 Å². The lowest BCUT2D eigenvalue weighted by atomic mass is 9.95. The smallest absolute Gasteiger partial charge is 0.287 e. The summed E-state index contributed by atoms with van der Waals surface area (Å²) in [4.78, 5) is 31.4. The second-order valence-electron chi connectivity index (χ2n) is 9.57. The van der Waals surface area contributed by atoms with Crippen molar-refractivity contribution in [1.29, 1.82) is 0 Å². The van der Waals surface area contributed by atoms with Crippen LogP contribution in [0, 0.1) is 13.8 Å². The number of rotatable bonds is 8. The minimum Gasteiger partial charge on any atom is -0.435 e.